The molecule has 1 aliphatic rings. The van der Waals surface area contributed by atoms with Crippen LogP contribution in [0, 0.1) is 0 Å². The van der Waals surface area contributed by atoms with Crippen molar-refractivity contribution in [3.8, 4) is 0 Å². The maximum Gasteiger partial charge on any atom is 0.328 e. The minimum atomic E-state index is -0.904. The lowest BCUT2D eigenvalue weighted by atomic mass is 10.1. The molecule has 1 heterocycles. The molecular formula is C14H18N2O3. The predicted octanol–water partition coefficient (Wildman–Crippen LogP) is 0.981. The Bertz CT molecular complexity index is 484. The second-order valence-corrected chi connectivity index (χ2v) is 4.78. The molecule has 5 nitrogen and oxygen atoms in total. The van der Waals surface area contributed by atoms with E-state index in [1.54, 1.807) is 11.9 Å². The third-order valence-corrected chi connectivity index (χ3v) is 3.52. The first-order valence-electron chi connectivity index (χ1n) is 6.35. The fourth-order valence-electron chi connectivity index (χ4n) is 2.24. The lowest BCUT2D eigenvalue weighted by Crippen LogP contribution is -2.58. The van der Waals surface area contributed by atoms with Crippen molar-refractivity contribution in [2.24, 2.45) is 0 Å². The summed E-state index contributed by atoms with van der Waals surface area (Å²) < 4.78 is 0. The summed E-state index contributed by atoms with van der Waals surface area (Å²) in [6.07, 6.45) is 0.935. The number of aliphatic carboxylic acids is 1. The lowest BCUT2D eigenvalue weighted by Gasteiger charge is -2.38. The predicted molar refractivity (Wildman–Crippen MR) is 72.2 cm³/mol. The smallest absolute Gasteiger partial charge is 0.328 e. The van der Waals surface area contributed by atoms with Crippen LogP contribution < -0.4 is 4.90 Å². The Morgan fingerprint density at radius 3 is 2.53 bits per heavy atom. The van der Waals surface area contributed by atoms with Crippen molar-refractivity contribution in [1.29, 1.82) is 0 Å². The molecule has 1 aromatic carbocycles. The molecule has 1 aliphatic heterocycles. The fourth-order valence-corrected chi connectivity index (χ4v) is 2.24. The Morgan fingerprint density at radius 2 is 2.00 bits per heavy atom. The van der Waals surface area contributed by atoms with Gasteiger partial charge in [-0.2, -0.15) is 0 Å². The number of carboxylic acid groups (broad SMARTS) is 1. The summed E-state index contributed by atoms with van der Waals surface area (Å²) in [5, 5.41) is 9.30. The molecule has 1 saturated heterocycles. The topological polar surface area (TPSA) is 60.9 Å². The zero-order valence-electron chi connectivity index (χ0n) is 11.2. The van der Waals surface area contributed by atoms with Crippen LogP contribution in [0.3, 0.4) is 0 Å². The van der Waals surface area contributed by atoms with E-state index >= 15 is 0 Å². The first kappa shape index (κ1) is 13.4. The molecule has 1 atom stereocenters. The first-order valence-corrected chi connectivity index (χ1v) is 6.35. The quantitative estimate of drug-likeness (QED) is 0.882. The molecule has 0 aromatic heterocycles. The zero-order chi connectivity index (χ0) is 14.0. The van der Waals surface area contributed by atoms with Crippen molar-refractivity contribution in [1.82, 2.24) is 4.90 Å². The van der Waals surface area contributed by atoms with Gasteiger partial charge < -0.3 is 14.9 Å². The number of benzene rings is 1. The van der Waals surface area contributed by atoms with E-state index in [1.807, 2.05) is 24.3 Å². The molecule has 0 radical (unpaired) electrons. The van der Waals surface area contributed by atoms with Gasteiger partial charge in [0.25, 0.3) is 0 Å². The zero-order valence-corrected chi connectivity index (χ0v) is 11.2. The number of nitrogens with zero attached hydrogens (tertiary/aromatic N) is 2. The van der Waals surface area contributed by atoms with E-state index in [1.165, 1.54) is 10.5 Å². The average molecular weight is 262 g/mol. The van der Waals surface area contributed by atoms with E-state index in [0.29, 0.717) is 0 Å². The monoisotopic (exact) mass is 262 g/mol. The van der Waals surface area contributed by atoms with E-state index in [2.05, 4.69) is 6.92 Å². The number of likely N-dealkylation sites (N-methyl/N-ethyl adjacent to an activating group) is 1. The highest BCUT2D eigenvalue weighted by molar-refractivity contribution is 5.89. The third kappa shape index (κ3) is 2.70. The second kappa shape index (κ2) is 5.30. The summed E-state index contributed by atoms with van der Waals surface area (Å²) in [4.78, 5) is 26.2. The highest BCUT2D eigenvalue weighted by Crippen LogP contribution is 2.21. The van der Waals surface area contributed by atoms with E-state index in [0.717, 1.165) is 12.1 Å². The molecule has 0 spiro atoms. The van der Waals surface area contributed by atoms with Gasteiger partial charge in [0.2, 0.25) is 5.91 Å². The molecule has 19 heavy (non-hydrogen) atoms. The summed E-state index contributed by atoms with van der Waals surface area (Å²) in [5.74, 6) is -0.962. The number of carbonyl (C=O) groups is 2. The summed E-state index contributed by atoms with van der Waals surface area (Å²) in [6, 6.07) is 7.02. The molecule has 102 valence electrons. The summed E-state index contributed by atoms with van der Waals surface area (Å²) in [7, 11) is 1.63. The minimum Gasteiger partial charge on any atom is -0.480 e. The van der Waals surface area contributed by atoms with Gasteiger partial charge in [0.15, 0.2) is 0 Å². The molecular weight excluding hydrogens is 244 g/mol. The van der Waals surface area contributed by atoms with Crippen LogP contribution in [0.4, 0.5) is 5.69 Å². The van der Waals surface area contributed by atoms with Gasteiger partial charge in [-0.3, -0.25) is 4.79 Å². The Labute approximate surface area is 112 Å². The van der Waals surface area contributed by atoms with E-state index in [4.69, 9.17) is 0 Å². The van der Waals surface area contributed by atoms with Gasteiger partial charge in [0.05, 0.1) is 13.1 Å². The molecule has 1 amide bonds. The maximum absolute atomic E-state index is 11.8. The van der Waals surface area contributed by atoms with Crippen molar-refractivity contribution < 1.29 is 14.7 Å². The number of hydrogen-bond acceptors (Lipinski definition) is 3. The van der Waals surface area contributed by atoms with Crippen LogP contribution in [0.1, 0.15) is 12.5 Å². The van der Waals surface area contributed by atoms with Gasteiger partial charge in [-0.1, -0.05) is 19.1 Å². The number of rotatable bonds is 3. The highest BCUT2D eigenvalue weighted by atomic mass is 16.4. The van der Waals surface area contributed by atoms with Crippen LogP contribution in [0.15, 0.2) is 24.3 Å². The molecule has 1 fully saturated rings. The van der Waals surface area contributed by atoms with Crippen molar-refractivity contribution >= 4 is 17.6 Å². The van der Waals surface area contributed by atoms with Crippen molar-refractivity contribution in [2.45, 2.75) is 19.4 Å². The normalized spacial score (nSPS) is 19.7. The molecule has 0 bridgehead atoms. The van der Waals surface area contributed by atoms with E-state index < -0.39 is 12.0 Å². The first-order chi connectivity index (χ1) is 9.02. The maximum atomic E-state index is 11.8. The number of amides is 1. The average Bonchev–Trinajstić information content (AvgIpc) is 2.41. The number of piperazine rings is 1. The minimum absolute atomic E-state index is 0.0583. The molecule has 1 unspecified atom stereocenters. The molecule has 1 aromatic rings. The van der Waals surface area contributed by atoms with Gasteiger partial charge in [0.1, 0.15) is 6.04 Å². The Hall–Kier alpha value is -2.04. The van der Waals surface area contributed by atoms with Crippen LogP contribution in [-0.4, -0.2) is 48.1 Å². The van der Waals surface area contributed by atoms with Crippen LogP contribution in [-0.2, 0) is 16.0 Å². The highest BCUT2D eigenvalue weighted by Gasteiger charge is 2.34. The third-order valence-electron chi connectivity index (χ3n) is 3.52. The second-order valence-electron chi connectivity index (χ2n) is 4.78. The number of carboxylic acids is 1. The van der Waals surface area contributed by atoms with Gasteiger partial charge in [-0.05, 0) is 24.1 Å². The number of hydrogen-bond donors (Lipinski definition) is 1. The lowest BCUT2D eigenvalue weighted by molar-refractivity contribution is -0.141. The summed E-state index contributed by atoms with van der Waals surface area (Å²) in [5.41, 5.74) is 1.97. The van der Waals surface area contributed by atoms with Crippen molar-refractivity contribution in [3.05, 3.63) is 29.8 Å². The Balaban J connectivity index is 2.28. The van der Waals surface area contributed by atoms with Crippen molar-refractivity contribution in [3.63, 3.8) is 0 Å². The molecule has 2 rings (SSSR count). The fraction of sp³-hybridized carbons (Fsp3) is 0.429. The van der Waals surface area contributed by atoms with E-state index in [-0.39, 0.29) is 19.0 Å². The Kier molecular flexibility index (Phi) is 3.74. The standard InChI is InChI=1S/C14H18N2O3/c1-3-10-4-6-11(7-5-10)16-9-13(17)15(2)8-12(16)14(18)19/h4-7,12H,3,8-9H2,1-2H3,(H,18,19). The molecule has 1 N–H and O–H groups in total. The number of aryl methyl sites for hydroxylation is 1. The van der Waals surface area contributed by atoms with Crippen molar-refractivity contribution in [2.75, 3.05) is 25.0 Å². The molecule has 0 saturated carbocycles. The van der Waals surface area contributed by atoms with Gasteiger partial charge in [0, 0.05) is 12.7 Å². The Morgan fingerprint density at radius 1 is 1.37 bits per heavy atom. The number of anilines is 1. The molecule has 0 aliphatic carbocycles. The molecule has 5 heteroatoms. The van der Waals surface area contributed by atoms with E-state index in [9.17, 15) is 14.7 Å². The number of carbonyl (C=O) groups excluding carboxylic acids is 1. The van der Waals surface area contributed by atoms with Gasteiger partial charge in [-0.15, -0.1) is 0 Å². The van der Waals surface area contributed by atoms with Crippen LogP contribution in [0.5, 0.6) is 0 Å². The summed E-state index contributed by atoms with van der Waals surface area (Å²) in [6.45, 7) is 2.39. The van der Waals surface area contributed by atoms with Gasteiger partial charge >= 0.3 is 5.97 Å². The van der Waals surface area contributed by atoms with Crippen LogP contribution in [0.25, 0.3) is 0 Å². The van der Waals surface area contributed by atoms with Gasteiger partial charge in [-0.25, -0.2) is 4.79 Å². The summed E-state index contributed by atoms with van der Waals surface area (Å²) >= 11 is 0. The van der Waals surface area contributed by atoms with Crippen LogP contribution >= 0.6 is 0 Å². The SMILES string of the molecule is CCc1ccc(N2CC(=O)N(C)CC2C(=O)O)cc1. The van der Waals surface area contributed by atoms with Crippen LogP contribution in [0.2, 0.25) is 0 Å². The largest absolute Gasteiger partial charge is 0.480 e.